The van der Waals surface area contributed by atoms with Crippen molar-refractivity contribution in [1.29, 1.82) is 0 Å². The summed E-state index contributed by atoms with van der Waals surface area (Å²) >= 11 is 0. The Morgan fingerprint density at radius 3 is 2.50 bits per heavy atom. The normalized spacial score (nSPS) is 27.5. The molecule has 5 heteroatoms. The van der Waals surface area contributed by atoms with E-state index in [1.54, 1.807) is 0 Å². The lowest BCUT2D eigenvalue weighted by Gasteiger charge is -2.33. The van der Waals surface area contributed by atoms with Crippen molar-refractivity contribution in [3.8, 4) is 0 Å². The van der Waals surface area contributed by atoms with Crippen LogP contribution < -0.4 is 0 Å². The number of rotatable bonds is 4. The Hall–Kier alpha value is -1.07. The lowest BCUT2D eigenvalue weighted by atomic mass is 9.81. The van der Waals surface area contributed by atoms with Crippen LogP contribution in [0.15, 0.2) is 30.3 Å². The average Bonchev–Trinajstić information content (AvgIpc) is 2.40. The summed E-state index contributed by atoms with van der Waals surface area (Å²) in [6.07, 6.45) is -4.37. The van der Waals surface area contributed by atoms with Crippen LogP contribution in [0.3, 0.4) is 0 Å². The van der Waals surface area contributed by atoms with Crippen molar-refractivity contribution in [2.75, 3.05) is 6.61 Å². The molecule has 1 aromatic carbocycles. The topological polar surface area (TPSA) is 29.5 Å². The molecule has 1 aliphatic rings. The molecule has 0 aromatic heterocycles. The molecule has 1 aromatic rings. The van der Waals surface area contributed by atoms with Crippen LogP contribution in [0.5, 0.6) is 0 Å². The Balaban J connectivity index is 1.88. The van der Waals surface area contributed by atoms with E-state index >= 15 is 0 Å². The van der Waals surface area contributed by atoms with Gasteiger partial charge in [-0.05, 0) is 30.7 Å². The highest BCUT2D eigenvalue weighted by atomic mass is 19.4. The van der Waals surface area contributed by atoms with Gasteiger partial charge in [0.15, 0.2) is 0 Å². The van der Waals surface area contributed by atoms with E-state index in [9.17, 15) is 18.3 Å². The van der Waals surface area contributed by atoms with E-state index in [1.165, 1.54) is 0 Å². The molecule has 0 bridgehead atoms. The number of alkyl halides is 3. The second-order valence-corrected chi connectivity index (χ2v) is 5.26. The molecule has 2 rings (SSSR count). The Morgan fingerprint density at radius 2 is 1.85 bits per heavy atom. The van der Waals surface area contributed by atoms with Gasteiger partial charge in [0.25, 0.3) is 0 Å². The van der Waals surface area contributed by atoms with Crippen LogP contribution in [0.4, 0.5) is 13.2 Å². The van der Waals surface area contributed by atoms with Gasteiger partial charge in [0.1, 0.15) is 0 Å². The second-order valence-electron chi connectivity index (χ2n) is 5.26. The summed E-state index contributed by atoms with van der Waals surface area (Å²) in [6.45, 7) is -0.382. The van der Waals surface area contributed by atoms with Gasteiger partial charge in [-0.2, -0.15) is 13.2 Å². The first kappa shape index (κ1) is 15.3. The van der Waals surface area contributed by atoms with Crippen LogP contribution >= 0.6 is 0 Å². The second kappa shape index (κ2) is 6.59. The fraction of sp³-hybridized carbons (Fsp3) is 0.600. The van der Waals surface area contributed by atoms with E-state index in [0.29, 0.717) is 12.8 Å². The predicted octanol–water partition coefficient (Wildman–Crippen LogP) is 3.65. The van der Waals surface area contributed by atoms with E-state index in [-0.39, 0.29) is 12.5 Å². The van der Waals surface area contributed by atoms with Crippen molar-refractivity contribution in [2.24, 2.45) is 0 Å². The number of ether oxygens (including phenoxy) is 1. The Kier molecular flexibility index (Phi) is 5.05. The predicted molar refractivity (Wildman–Crippen MR) is 69.5 cm³/mol. The molecule has 0 heterocycles. The fourth-order valence-corrected chi connectivity index (χ4v) is 2.65. The summed E-state index contributed by atoms with van der Waals surface area (Å²) in [4.78, 5) is 0. The lowest BCUT2D eigenvalue weighted by Crippen LogP contribution is -2.36. The van der Waals surface area contributed by atoms with Gasteiger partial charge < -0.3 is 9.84 Å². The molecule has 1 N–H and O–H groups in total. The van der Waals surface area contributed by atoms with Crippen LogP contribution in [0.25, 0.3) is 0 Å². The van der Waals surface area contributed by atoms with E-state index in [2.05, 4.69) is 0 Å². The van der Waals surface area contributed by atoms with Gasteiger partial charge >= 0.3 is 6.18 Å². The zero-order valence-corrected chi connectivity index (χ0v) is 11.1. The van der Waals surface area contributed by atoms with E-state index in [0.717, 1.165) is 12.0 Å². The highest BCUT2D eigenvalue weighted by Crippen LogP contribution is 2.34. The van der Waals surface area contributed by atoms with Crippen molar-refractivity contribution in [2.45, 2.75) is 50.0 Å². The van der Waals surface area contributed by atoms with Crippen molar-refractivity contribution in [3.05, 3.63) is 35.9 Å². The summed E-state index contributed by atoms with van der Waals surface area (Å²) in [7, 11) is 0. The van der Waals surface area contributed by atoms with Crippen LogP contribution in [0, 0.1) is 0 Å². The molecule has 1 aliphatic carbocycles. The number of halogens is 3. The maximum absolute atomic E-state index is 12.1. The Bertz CT molecular complexity index is 405. The number of benzene rings is 1. The molecule has 20 heavy (non-hydrogen) atoms. The third-order valence-corrected chi connectivity index (χ3v) is 3.75. The first-order chi connectivity index (χ1) is 9.46. The number of aliphatic hydroxyl groups excluding tert-OH is 1. The van der Waals surface area contributed by atoms with Gasteiger partial charge in [0.05, 0.1) is 25.2 Å². The molecule has 3 atom stereocenters. The molecule has 1 saturated carbocycles. The Labute approximate surface area is 116 Å². The van der Waals surface area contributed by atoms with E-state index in [4.69, 9.17) is 4.74 Å². The largest absolute Gasteiger partial charge is 0.391 e. The molecule has 112 valence electrons. The average molecular weight is 288 g/mol. The monoisotopic (exact) mass is 288 g/mol. The van der Waals surface area contributed by atoms with Crippen LogP contribution in [-0.4, -0.2) is 30.1 Å². The molecule has 0 radical (unpaired) electrons. The third kappa shape index (κ3) is 4.49. The number of aliphatic hydroxyl groups is 1. The summed E-state index contributed by atoms with van der Waals surface area (Å²) in [6, 6.07) is 9.84. The summed E-state index contributed by atoms with van der Waals surface area (Å²) in [5, 5.41) is 9.86. The number of hydrogen-bond donors (Lipinski definition) is 1. The number of hydrogen-bond acceptors (Lipinski definition) is 2. The summed E-state index contributed by atoms with van der Waals surface area (Å²) in [5.41, 5.74) is 1.16. The third-order valence-electron chi connectivity index (χ3n) is 3.75. The quantitative estimate of drug-likeness (QED) is 0.916. The molecular weight excluding hydrogens is 269 g/mol. The molecular formula is C15H19F3O2. The summed E-state index contributed by atoms with van der Waals surface area (Å²) in [5.74, 6) is 0.246. The van der Waals surface area contributed by atoms with E-state index < -0.39 is 24.8 Å². The minimum absolute atomic E-state index is 0.246. The standard InChI is InChI=1S/C15H19F3O2/c16-15(17,18)8-9-20-14-10-12(6-7-13(14)19)11-4-2-1-3-5-11/h1-5,12-14,19H,6-10H2. The molecule has 0 amide bonds. The Morgan fingerprint density at radius 1 is 1.15 bits per heavy atom. The van der Waals surface area contributed by atoms with Gasteiger partial charge in [-0.3, -0.25) is 0 Å². The minimum Gasteiger partial charge on any atom is -0.390 e. The first-order valence-corrected chi connectivity index (χ1v) is 6.87. The molecule has 1 fully saturated rings. The lowest BCUT2D eigenvalue weighted by molar-refractivity contribution is -0.156. The zero-order chi connectivity index (χ0) is 14.6. The summed E-state index contributed by atoms with van der Waals surface area (Å²) < 4.78 is 41.6. The van der Waals surface area contributed by atoms with Gasteiger partial charge in [-0.1, -0.05) is 30.3 Å². The van der Waals surface area contributed by atoms with Gasteiger partial charge in [-0.25, -0.2) is 0 Å². The highest BCUT2D eigenvalue weighted by Gasteiger charge is 2.32. The zero-order valence-electron chi connectivity index (χ0n) is 11.1. The smallest absolute Gasteiger partial charge is 0.390 e. The molecule has 2 nitrogen and oxygen atoms in total. The molecule has 0 spiro atoms. The molecule has 3 unspecified atom stereocenters. The molecule has 0 aliphatic heterocycles. The maximum Gasteiger partial charge on any atom is 0.391 e. The van der Waals surface area contributed by atoms with Gasteiger partial charge in [0, 0.05) is 0 Å². The first-order valence-electron chi connectivity index (χ1n) is 6.87. The van der Waals surface area contributed by atoms with Crippen molar-refractivity contribution in [3.63, 3.8) is 0 Å². The van der Waals surface area contributed by atoms with Gasteiger partial charge in [0.2, 0.25) is 0 Å². The van der Waals surface area contributed by atoms with Crippen LogP contribution in [0.2, 0.25) is 0 Å². The minimum atomic E-state index is -4.21. The van der Waals surface area contributed by atoms with Gasteiger partial charge in [-0.15, -0.1) is 0 Å². The van der Waals surface area contributed by atoms with Crippen molar-refractivity contribution in [1.82, 2.24) is 0 Å². The van der Waals surface area contributed by atoms with Crippen molar-refractivity contribution < 1.29 is 23.0 Å². The SMILES string of the molecule is OC1CCC(c2ccccc2)CC1OCCC(F)(F)F. The fourth-order valence-electron chi connectivity index (χ4n) is 2.65. The van der Waals surface area contributed by atoms with Crippen LogP contribution in [0.1, 0.15) is 37.2 Å². The van der Waals surface area contributed by atoms with E-state index in [1.807, 2.05) is 30.3 Å². The van der Waals surface area contributed by atoms with Crippen molar-refractivity contribution >= 4 is 0 Å². The maximum atomic E-state index is 12.1. The molecule has 0 saturated heterocycles. The van der Waals surface area contributed by atoms with Crippen LogP contribution in [-0.2, 0) is 4.74 Å². The highest BCUT2D eigenvalue weighted by molar-refractivity contribution is 5.20.